The van der Waals surface area contributed by atoms with E-state index in [1.165, 1.54) is 12.4 Å². The fourth-order valence-electron chi connectivity index (χ4n) is 4.77. The van der Waals surface area contributed by atoms with Crippen molar-refractivity contribution in [3.63, 3.8) is 0 Å². The normalized spacial score (nSPS) is 18.9. The summed E-state index contributed by atoms with van der Waals surface area (Å²) in [6.07, 6.45) is 8.51. The number of rotatable bonds is 5. The van der Waals surface area contributed by atoms with Gasteiger partial charge in [0.2, 0.25) is 0 Å². The van der Waals surface area contributed by atoms with Crippen molar-refractivity contribution in [3.8, 4) is 17.3 Å². The fraction of sp³-hybridized carbons (Fsp3) is 0.360. The third kappa shape index (κ3) is 3.85. The van der Waals surface area contributed by atoms with E-state index in [4.69, 9.17) is 19.9 Å². The van der Waals surface area contributed by atoms with Crippen LogP contribution in [0, 0.1) is 11.3 Å². The Morgan fingerprint density at radius 3 is 2.92 bits per heavy atom. The smallest absolute Gasteiger partial charge is 0.349 e. The van der Waals surface area contributed by atoms with E-state index in [2.05, 4.69) is 28.1 Å². The zero-order chi connectivity index (χ0) is 25.4. The predicted molar refractivity (Wildman–Crippen MR) is 135 cm³/mol. The van der Waals surface area contributed by atoms with Gasteiger partial charge in [0.05, 0.1) is 23.6 Å². The molecule has 5 rings (SSSR count). The molecule has 2 N–H and O–H groups in total. The average Bonchev–Trinajstić information content (AvgIpc) is 3.49. The molecule has 0 aromatic carbocycles. The Hall–Kier alpha value is -4.30. The molecule has 11 heteroatoms. The molecule has 2 unspecified atom stereocenters. The van der Waals surface area contributed by atoms with Gasteiger partial charge in [0.25, 0.3) is 0 Å². The van der Waals surface area contributed by atoms with Gasteiger partial charge in [-0.15, -0.1) is 0 Å². The minimum atomic E-state index is -0.400. The minimum Gasteiger partial charge on any atom is -0.450 e. The summed E-state index contributed by atoms with van der Waals surface area (Å²) in [4.78, 5) is 26.8. The van der Waals surface area contributed by atoms with E-state index < -0.39 is 5.69 Å². The summed E-state index contributed by atoms with van der Waals surface area (Å²) in [7, 11) is 3.40. The highest BCUT2D eigenvalue weighted by Crippen LogP contribution is 2.37. The lowest BCUT2D eigenvalue weighted by Gasteiger charge is -2.30. The molecule has 0 bridgehead atoms. The second kappa shape index (κ2) is 9.39. The first-order valence-electron chi connectivity index (χ1n) is 11.7. The minimum absolute atomic E-state index is 0.0446. The van der Waals surface area contributed by atoms with Gasteiger partial charge in [0.1, 0.15) is 22.8 Å². The number of aryl methyl sites for hydroxylation is 1. The van der Waals surface area contributed by atoms with Gasteiger partial charge in [0, 0.05) is 62.6 Å². The number of furan rings is 1. The lowest BCUT2D eigenvalue weighted by molar-refractivity contribution is -0.00710. The van der Waals surface area contributed by atoms with Gasteiger partial charge in [-0.2, -0.15) is 15.3 Å². The summed E-state index contributed by atoms with van der Waals surface area (Å²) in [5, 5.41) is 14.1. The van der Waals surface area contributed by atoms with Gasteiger partial charge >= 0.3 is 5.69 Å². The van der Waals surface area contributed by atoms with E-state index in [1.54, 1.807) is 41.8 Å². The first-order valence-corrected chi connectivity index (χ1v) is 11.7. The quantitative estimate of drug-likeness (QED) is 0.423. The van der Waals surface area contributed by atoms with Crippen molar-refractivity contribution in [2.45, 2.75) is 38.3 Å². The highest BCUT2D eigenvalue weighted by Gasteiger charge is 2.30. The van der Waals surface area contributed by atoms with Crippen LogP contribution >= 0.6 is 0 Å². The van der Waals surface area contributed by atoms with Crippen LogP contribution in [0.15, 0.2) is 38.9 Å². The van der Waals surface area contributed by atoms with E-state index >= 15 is 0 Å². The Kier molecular flexibility index (Phi) is 6.12. The van der Waals surface area contributed by atoms with Crippen LogP contribution in [-0.2, 0) is 11.8 Å². The molecule has 184 valence electrons. The lowest BCUT2D eigenvalue weighted by atomic mass is 10.0. The van der Waals surface area contributed by atoms with Crippen LogP contribution < -0.4 is 11.4 Å². The molecular weight excluding hydrogens is 460 g/mol. The monoisotopic (exact) mass is 486 g/mol. The summed E-state index contributed by atoms with van der Waals surface area (Å²) >= 11 is 0. The largest absolute Gasteiger partial charge is 0.450 e. The van der Waals surface area contributed by atoms with Crippen molar-refractivity contribution >= 4 is 34.0 Å². The van der Waals surface area contributed by atoms with Crippen LogP contribution in [0.2, 0.25) is 0 Å². The Morgan fingerprint density at radius 2 is 2.25 bits per heavy atom. The molecule has 4 aromatic heterocycles. The van der Waals surface area contributed by atoms with E-state index in [1.807, 2.05) is 0 Å². The van der Waals surface area contributed by atoms with Crippen molar-refractivity contribution in [1.82, 2.24) is 24.3 Å². The molecule has 1 aliphatic heterocycles. The third-order valence-corrected chi connectivity index (χ3v) is 6.49. The highest BCUT2D eigenvalue weighted by atomic mass is 16.5. The first-order chi connectivity index (χ1) is 17.5. The number of fused-ring (bicyclic) bond motifs is 3. The van der Waals surface area contributed by atoms with Gasteiger partial charge < -0.3 is 14.9 Å². The molecule has 0 amide bonds. The standard InChI is InChI=1S/C25H26N8O3/c1-4-18-8-17(5-6-35-18)33-23-22-19(7-14(9-26)20(30-22)15(10-27)11-28-2)36-24(23)21(31-25(33)34)16-12-29-32(3)13-16/h7,10-13,17-18H,4-6,8,27H2,1-3H3/b15-10+,28-11?. The Labute approximate surface area is 206 Å². The fourth-order valence-corrected chi connectivity index (χ4v) is 4.77. The van der Waals surface area contributed by atoms with Gasteiger partial charge in [-0.05, 0) is 19.3 Å². The van der Waals surface area contributed by atoms with E-state index in [-0.39, 0.29) is 17.7 Å². The Morgan fingerprint density at radius 1 is 1.42 bits per heavy atom. The van der Waals surface area contributed by atoms with Crippen LogP contribution in [-0.4, -0.2) is 50.3 Å². The highest BCUT2D eigenvalue weighted by molar-refractivity contribution is 6.12. The molecule has 1 saturated heterocycles. The summed E-state index contributed by atoms with van der Waals surface area (Å²) in [6, 6.07) is 3.64. The van der Waals surface area contributed by atoms with Crippen LogP contribution in [0.4, 0.5) is 0 Å². The summed E-state index contributed by atoms with van der Waals surface area (Å²) in [5.74, 6) is 0. The van der Waals surface area contributed by atoms with E-state index in [9.17, 15) is 10.1 Å². The molecule has 5 heterocycles. The zero-order valence-corrected chi connectivity index (χ0v) is 20.3. The number of aliphatic imine (C=N–C) groups is 1. The van der Waals surface area contributed by atoms with Gasteiger partial charge in [-0.1, -0.05) is 6.92 Å². The van der Waals surface area contributed by atoms with E-state index in [0.717, 1.165) is 6.42 Å². The molecule has 1 fully saturated rings. The number of pyridine rings is 1. The summed E-state index contributed by atoms with van der Waals surface area (Å²) in [5.41, 5.74) is 9.34. The maximum absolute atomic E-state index is 13.6. The number of nitrogens with zero attached hydrogens (tertiary/aromatic N) is 7. The number of hydrogen-bond acceptors (Lipinski definition) is 9. The SMILES string of the molecule is CCC1CC(n2c(=O)nc(-c3cnn(C)c3)c3oc4cc(C#N)c(/C(C=NC)=C/N)nc4c32)CCO1. The number of ether oxygens (including phenoxy) is 1. The van der Waals surface area contributed by atoms with E-state index in [0.29, 0.717) is 64.2 Å². The number of nitrogens with two attached hydrogens (primary N) is 1. The molecule has 0 saturated carbocycles. The van der Waals surface area contributed by atoms with Crippen LogP contribution in [0.3, 0.4) is 0 Å². The molecule has 2 atom stereocenters. The van der Waals surface area contributed by atoms with Crippen molar-refractivity contribution in [3.05, 3.63) is 46.4 Å². The topological polar surface area (TPSA) is 150 Å². The van der Waals surface area contributed by atoms with Crippen molar-refractivity contribution in [2.75, 3.05) is 13.7 Å². The molecule has 0 aliphatic carbocycles. The van der Waals surface area contributed by atoms with Gasteiger partial charge in [-0.3, -0.25) is 14.2 Å². The maximum atomic E-state index is 13.6. The first kappa shape index (κ1) is 23.4. The van der Waals surface area contributed by atoms with Gasteiger partial charge in [0.15, 0.2) is 11.2 Å². The average molecular weight is 487 g/mol. The summed E-state index contributed by atoms with van der Waals surface area (Å²) in [6.45, 7) is 2.61. The molecule has 1 aliphatic rings. The maximum Gasteiger partial charge on any atom is 0.349 e. The lowest BCUT2D eigenvalue weighted by Crippen LogP contribution is -2.34. The molecule has 4 aromatic rings. The van der Waals surface area contributed by atoms with Crippen molar-refractivity contribution < 1.29 is 9.15 Å². The molecular formula is C25H26N8O3. The second-order valence-electron chi connectivity index (χ2n) is 8.73. The molecule has 0 spiro atoms. The summed E-state index contributed by atoms with van der Waals surface area (Å²) < 4.78 is 15.4. The number of hydrogen-bond donors (Lipinski definition) is 1. The second-order valence-corrected chi connectivity index (χ2v) is 8.73. The predicted octanol–water partition coefficient (Wildman–Crippen LogP) is 2.94. The molecule has 0 radical (unpaired) electrons. The van der Waals surface area contributed by atoms with Crippen LogP contribution in [0.5, 0.6) is 0 Å². The number of allylic oxidation sites excluding steroid dienone is 1. The number of nitriles is 1. The molecule has 36 heavy (non-hydrogen) atoms. The zero-order valence-electron chi connectivity index (χ0n) is 20.3. The third-order valence-electron chi connectivity index (χ3n) is 6.49. The Balaban J connectivity index is 1.88. The van der Waals surface area contributed by atoms with Crippen LogP contribution in [0.25, 0.3) is 39.0 Å². The molecule has 11 nitrogen and oxygen atoms in total. The van der Waals surface area contributed by atoms with Crippen LogP contribution in [0.1, 0.15) is 43.5 Å². The number of aromatic nitrogens is 5. The Bertz CT molecular complexity index is 1620. The van der Waals surface area contributed by atoms with Crippen molar-refractivity contribution in [1.29, 1.82) is 5.26 Å². The van der Waals surface area contributed by atoms with Crippen molar-refractivity contribution in [2.24, 2.45) is 17.8 Å². The van der Waals surface area contributed by atoms with Gasteiger partial charge in [-0.25, -0.2) is 9.78 Å².